The normalized spacial score (nSPS) is 16.3. The topological polar surface area (TPSA) is 49.4 Å². The van der Waals surface area contributed by atoms with Crippen LogP contribution in [0.1, 0.15) is 64.4 Å². The van der Waals surface area contributed by atoms with Gasteiger partial charge in [-0.3, -0.25) is 9.59 Å². The minimum Gasteiger partial charge on any atom is -0.352 e. The van der Waals surface area contributed by atoms with Crippen molar-refractivity contribution >= 4 is 23.4 Å². The summed E-state index contributed by atoms with van der Waals surface area (Å²) in [6.07, 6.45) is 6.68. The van der Waals surface area contributed by atoms with Crippen molar-refractivity contribution in [2.75, 3.05) is 0 Å². The number of carbonyl (C=O) groups is 2. The second kappa shape index (κ2) is 9.81. The average molecular weight is 365 g/mol. The third-order valence-corrected chi connectivity index (χ3v) is 5.16. The van der Waals surface area contributed by atoms with E-state index in [2.05, 4.69) is 5.32 Å². The molecule has 4 nitrogen and oxygen atoms in total. The van der Waals surface area contributed by atoms with Crippen LogP contribution in [0.5, 0.6) is 0 Å². The van der Waals surface area contributed by atoms with E-state index in [1.807, 2.05) is 38.1 Å². The Bertz CT molecular complexity index is 568. The Labute approximate surface area is 155 Å². The summed E-state index contributed by atoms with van der Waals surface area (Å²) in [4.78, 5) is 27.0. The number of nitrogens with one attached hydrogen (secondary N) is 1. The van der Waals surface area contributed by atoms with Crippen LogP contribution >= 0.6 is 11.6 Å². The van der Waals surface area contributed by atoms with Crippen LogP contribution in [-0.4, -0.2) is 28.8 Å². The van der Waals surface area contributed by atoms with Crippen molar-refractivity contribution < 1.29 is 9.59 Å². The van der Waals surface area contributed by atoms with Crippen LogP contribution < -0.4 is 5.32 Å². The molecule has 1 atom stereocenters. The lowest BCUT2D eigenvalue weighted by Gasteiger charge is -2.32. The molecule has 2 amide bonds. The van der Waals surface area contributed by atoms with E-state index in [9.17, 15) is 9.59 Å². The van der Waals surface area contributed by atoms with Gasteiger partial charge in [0.25, 0.3) is 0 Å². The van der Waals surface area contributed by atoms with Crippen LogP contribution in [0.15, 0.2) is 24.3 Å². The van der Waals surface area contributed by atoms with Gasteiger partial charge in [-0.25, -0.2) is 0 Å². The van der Waals surface area contributed by atoms with E-state index in [0.29, 0.717) is 24.4 Å². The summed E-state index contributed by atoms with van der Waals surface area (Å²) in [7, 11) is 0. The molecule has 5 heteroatoms. The van der Waals surface area contributed by atoms with E-state index in [1.165, 1.54) is 19.3 Å². The molecule has 2 rings (SSSR count). The quantitative estimate of drug-likeness (QED) is 0.783. The van der Waals surface area contributed by atoms with E-state index in [-0.39, 0.29) is 17.9 Å². The van der Waals surface area contributed by atoms with Crippen molar-refractivity contribution in [1.29, 1.82) is 0 Å². The van der Waals surface area contributed by atoms with Crippen molar-refractivity contribution in [3.05, 3.63) is 34.9 Å². The molecule has 1 aromatic carbocycles. The number of benzene rings is 1. The smallest absolute Gasteiger partial charge is 0.243 e. The summed E-state index contributed by atoms with van der Waals surface area (Å²) in [5.41, 5.74) is 0.982. The van der Waals surface area contributed by atoms with Crippen molar-refractivity contribution in [3.63, 3.8) is 0 Å². The number of carbonyl (C=O) groups excluding carboxylic acids is 2. The zero-order chi connectivity index (χ0) is 18.2. The first-order chi connectivity index (χ1) is 12.0. The van der Waals surface area contributed by atoms with Crippen LogP contribution in [0, 0.1) is 0 Å². The fourth-order valence-corrected chi connectivity index (χ4v) is 3.58. The zero-order valence-electron chi connectivity index (χ0n) is 15.3. The first-order valence-electron chi connectivity index (χ1n) is 9.39. The summed E-state index contributed by atoms with van der Waals surface area (Å²) in [6, 6.07) is 7.27. The van der Waals surface area contributed by atoms with E-state index in [4.69, 9.17) is 11.6 Å². The molecule has 0 unspecified atom stereocenters. The first-order valence-corrected chi connectivity index (χ1v) is 9.77. The molecule has 1 aliphatic carbocycles. The molecule has 138 valence electrons. The molecule has 0 aliphatic heterocycles. The van der Waals surface area contributed by atoms with Gasteiger partial charge in [0.2, 0.25) is 11.8 Å². The van der Waals surface area contributed by atoms with Gasteiger partial charge in [-0.15, -0.1) is 0 Å². The summed E-state index contributed by atoms with van der Waals surface area (Å²) in [6.45, 7) is 4.23. The summed E-state index contributed by atoms with van der Waals surface area (Å²) >= 11 is 5.94. The highest BCUT2D eigenvalue weighted by Crippen LogP contribution is 2.19. The zero-order valence-corrected chi connectivity index (χ0v) is 16.0. The minimum absolute atomic E-state index is 0.000550. The van der Waals surface area contributed by atoms with Crippen molar-refractivity contribution in [3.8, 4) is 0 Å². The van der Waals surface area contributed by atoms with E-state index < -0.39 is 6.04 Å². The van der Waals surface area contributed by atoms with Gasteiger partial charge in [0.05, 0.1) is 0 Å². The maximum Gasteiger partial charge on any atom is 0.243 e. The van der Waals surface area contributed by atoms with E-state index in [0.717, 1.165) is 18.4 Å². The average Bonchev–Trinajstić information content (AvgIpc) is 2.63. The number of hydrogen-bond donors (Lipinski definition) is 1. The Balaban J connectivity index is 2.10. The highest BCUT2D eigenvalue weighted by Gasteiger charge is 2.29. The van der Waals surface area contributed by atoms with Crippen LogP contribution in [0.3, 0.4) is 0 Å². The Morgan fingerprint density at radius 2 is 1.80 bits per heavy atom. The molecular weight excluding hydrogens is 336 g/mol. The number of halogens is 1. The second-order valence-corrected chi connectivity index (χ2v) is 7.21. The molecule has 1 N–H and O–H groups in total. The van der Waals surface area contributed by atoms with Crippen LogP contribution in [0.25, 0.3) is 0 Å². The van der Waals surface area contributed by atoms with Crippen LogP contribution in [-0.2, 0) is 16.1 Å². The van der Waals surface area contributed by atoms with Crippen molar-refractivity contribution in [2.24, 2.45) is 0 Å². The molecule has 1 aromatic rings. The molecule has 0 bridgehead atoms. The number of rotatable bonds is 7. The van der Waals surface area contributed by atoms with Crippen LogP contribution in [0.2, 0.25) is 5.02 Å². The Morgan fingerprint density at radius 3 is 2.36 bits per heavy atom. The van der Waals surface area contributed by atoms with Crippen molar-refractivity contribution in [1.82, 2.24) is 10.2 Å². The SMILES string of the molecule is CCC(=O)N(Cc1ccc(Cl)cc1)[C@@H](CC)C(=O)NC1CCCCC1. The summed E-state index contributed by atoms with van der Waals surface area (Å²) in [5, 5.41) is 3.84. The minimum atomic E-state index is -0.426. The van der Waals surface area contributed by atoms with Gasteiger partial charge in [0.1, 0.15) is 6.04 Å². The summed E-state index contributed by atoms with van der Waals surface area (Å²) in [5.74, 6) is -0.0224. The maximum atomic E-state index is 12.8. The van der Waals surface area contributed by atoms with E-state index in [1.54, 1.807) is 4.90 Å². The van der Waals surface area contributed by atoms with Gasteiger partial charge in [-0.1, -0.05) is 56.8 Å². The highest BCUT2D eigenvalue weighted by atomic mass is 35.5. The highest BCUT2D eigenvalue weighted by molar-refractivity contribution is 6.30. The van der Waals surface area contributed by atoms with Crippen molar-refractivity contribution in [2.45, 2.75) is 77.4 Å². The standard InChI is InChI=1S/C20H29ClN2O2/c1-3-18(20(25)22-17-8-6-5-7-9-17)23(19(24)4-2)14-15-10-12-16(21)13-11-15/h10-13,17-18H,3-9,14H2,1-2H3,(H,22,25)/t18-/m0/s1. The second-order valence-electron chi connectivity index (χ2n) is 6.77. The third kappa shape index (κ3) is 5.74. The summed E-state index contributed by atoms with van der Waals surface area (Å²) < 4.78 is 0. The largest absolute Gasteiger partial charge is 0.352 e. The number of amides is 2. The molecule has 0 spiro atoms. The lowest BCUT2D eigenvalue weighted by molar-refractivity contribution is -0.141. The Morgan fingerprint density at radius 1 is 1.16 bits per heavy atom. The molecule has 0 saturated heterocycles. The van der Waals surface area contributed by atoms with Gasteiger partial charge in [0, 0.05) is 24.0 Å². The monoisotopic (exact) mass is 364 g/mol. The number of hydrogen-bond acceptors (Lipinski definition) is 2. The van der Waals surface area contributed by atoms with Gasteiger partial charge in [0.15, 0.2) is 0 Å². The van der Waals surface area contributed by atoms with Gasteiger partial charge >= 0.3 is 0 Å². The molecule has 25 heavy (non-hydrogen) atoms. The molecule has 1 fully saturated rings. The first kappa shape index (κ1) is 19.8. The fraction of sp³-hybridized carbons (Fsp3) is 0.600. The maximum absolute atomic E-state index is 12.8. The predicted octanol–water partition coefficient (Wildman–Crippen LogP) is 4.31. The van der Waals surface area contributed by atoms with Crippen LogP contribution in [0.4, 0.5) is 0 Å². The molecular formula is C20H29ClN2O2. The van der Waals surface area contributed by atoms with Gasteiger partial charge in [-0.2, -0.15) is 0 Å². The Hall–Kier alpha value is -1.55. The van der Waals surface area contributed by atoms with Gasteiger partial charge in [-0.05, 0) is 37.0 Å². The predicted molar refractivity (Wildman–Crippen MR) is 101 cm³/mol. The molecule has 0 radical (unpaired) electrons. The van der Waals surface area contributed by atoms with E-state index >= 15 is 0 Å². The third-order valence-electron chi connectivity index (χ3n) is 4.91. The fourth-order valence-electron chi connectivity index (χ4n) is 3.45. The molecule has 1 saturated carbocycles. The lowest BCUT2D eigenvalue weighted by Crippen LogP contribution is -2.51. The molecule has 0 heterocycles. The lowest BCUT2D eigenvalue weighted by atomic mass is 9.95. The van der Waals surface area contributed by atoms with Gasteiger partial charge < -0.3 is 10.2 Å². The Kier molecular flexibility index (Phi) is 7.76. The molecule has 1 aliphatic rings. The molecule has 0 aromatic heterocycles. The number of nitrogens with zero attached hydrogens (tertiary/aromatic N) is 1.